The minimum atomic E-state index is -1.08. The predicted octanol–water partition coefficient (Wildman–Crippen LogP) is 3.47. The third kappa shape index (κ3) is 4.46. The van der Waals surface area contributed by atoms with Gasteiger partial charge in [0.05, 0.1) is 5.41 Å². The number of hydrogen-bond acceptors (Lipinski definition) is 3. The van der Waals surface area contributed by atoms with E-state index in [2.05, 4.69) is 0 Å². The van der Waals surface area contributed by atoms with Gasteiger partial charge in [0.25, 0.3) is 0 Å². The first-order valence-electron chi connectivity index (χ1n) is 8.07. The number of nitrogens with zero attached hydrogens (tertiary/aromatic N) is 1. The Kier molecular flexibility index (Phi) is 5.16. The number of benzene rings is 1. The normalized spacial score (nSPS) is 21.4. The Bertz CT molecular complexity index is 608. The number of carbonyl (C=O) groups excluding carboxylic acids is 1. The number of rotatable bonds is 3. The van der Waals surface area contributed by atoms with E-state index in [1.807, 2.05) is 0 Å². The lowest BCUT2D eigenvalue weighted by Crippen LogP contribution is -2.52. The van der Waals surface area contributed by atoms with Gasteiger partial charge in [-0.25, -0.2) is 9.18 Å². The van der Waals surface area contributed by atoms with Crippen LogP contribution in [-0.2, 0) is 16.0 Å². The number of aliphatic carboxylic acids is 1. The predicted molar refractivity (Wildman–Crippen MR) is 87.2 cm³/mol. The number of hydrogen-bond donors (Lipinski definition) is 1. The molecule has 1 heterocycles. The molecule has 1 N–H and O–H groups in total. The molecule has 1 fully saturated rings. The first kappa shape index (κ1) is 18.2. The van der Waals surface area contributed by atoms with Crippen molar-refractivity contribution in [3.05, 3.63) is 35.6 Å². The van der Waals surface area contributed by atoms with Crippen molar-refractivity contribution in [2.45, 2.75) is 45.6 Å². The van der Waals surface area contributed by atoms with Crippen LogP contribution in [0, 0.1) is 11.2 Å². The number of likely N-dealkylation sites (tertiary alicyclic amines) is 1. The van der Waals surface area contributed by atoms with Crippen molar-refractivity contribution in [1.82, 2.24) is 4.90 Å². The minimum absolute atomic E-state index is 0.0919. The zero-order valence-corrected chi connectivity index (χ0v) is 14.3. The maximum Gasteiger partial charge on any atom is 0.410 e. The second-order valence-corrected chi connectivity index (χ2v) is 7.39. The van der Waals surface area contributed by atoms with Crippen molar-refractivity contribution in [3.8, 4) is 0 Å². The summed E-state index contributed by atoms with van der Waals surface area (Å²) >= 11 is 0. The van der Waals surface area contributed by atoms with Crippen LogP contribution in [0.25, 0.3) is 0 Å². The highest BCUT2D eigenvalue weighted by molar-refractivity contribution is 5.77. The molecule has 0 bridgehead atoms. The molecule has 24 heavy (non-hydrogen) atoms. The van der Waals surface area contributed by atoms with Crippen LogP contribution in [0.15, 0.2) is 24.3 Å². The van der Waals surface area contributed by atoms with E-state index in [0.29, 0.717) is 19.4 Å². The third-order valence-electron chi connectivity index (χ3n) is 4.14. The van der Waals surface area contributed by atoms with Gasteiger partial charge in [-0.15, -0.1) is 0 Å². The number of ether oxygens (including phenoxy) is 1. The molecule has 0 spiro atoms. The monoisotopic (exact) mass is 337 g/mol. The molecule has 1 aliphatic rings. The van der Waals surface area contributed by atoms with Crippen molar-refractivity contribution in [2.75, 3.05) is 13.1 Å². The van der Waals surface area contributed by atoms with Crippen LogP contribution >= 0.6 is 0 Å². The maximum atomic E-state index is 13.1. The SMILES string of the molecule is CC(C)(C)OC(=O)N1CCC[C@](Cc2ccc(F)cc2)(C(=O)O)C1. The van der Waals surface area contributed by atoms with Gasteiger partial charge in [-0.2, -0.15) is 0 Å². The summed E-state index contributed by atoms with van der Waals surface area (Å²) in [6.07, 6.45) is 0.820. The van der Waals surface area contributed by atoms with Crippen LogP contribution in [0.3, 0.4) is 0 Å². The number of carbonyl (C=O) groups is 2. The van der Waals surface area contributed by atoms with E-state index in [-0.39, 0.29) is 18.8 Å². The maximum absolute atomic E-state index is 13.1. The largest absolute Gasteiger partial charge is 0.481 e. The van der Waals surface area contributed by atoms with E-state index >= 15 is 0 Å². The van der Waals surface area contributed by atoms with Gasteiger partial charge in [0.1, 0.15) is 11.4 Å². The Morgan fingerprint density at radius 2 is 1.92 bits per heavy atom. The first-order chi connectivity index (χ1) is 11.1. The number of carboxylic acid groups (broad SMARTS) is 1. The number of halogens is 1. The molecule has 1 atom stereocenters. The van der Waals surface area contributed by atoms with Crippen molar-refractivity contribution in [1.29, 1.82) is 0 Å². The topological polar surface area (TPSA) is 66.8 Å². The van der Waals surface area contributed by atoms with Crippen LogP contribution in [0.4, 0.5) is 9.18 Å². The van der Waals surface area contributed by atoms with Crippen LogP contribution in [0.5, 0.6) is 0 Å². The zero-order chi connectivity index (χ0) is 18.0. The van der Waals surface area contributed by atoms with Gasteiger partial charge in [0, 0.05) is 13.1 Å². The van der Waals surface area contributed by atoms with Crippen molar-refractivity contribution in [2.24, 2.45) is 5.41 Å². The van der Waals surface area contributed by atoms with Gasteiger partial charge < -0.3 is 14.7 Å². The Labute approximate surface area is 141 Å². The molecule has 0 aromatic heterocycles. The lowest BCUT2D eigenvalue weighted by molar-refractivity contribution is -0.152. The molecular weight excluding hydrogens is 313 g/mol. The molecule has 1 aromatic rings. The van der Waals surface area contributed by atoms with Gasteiger partial charge in [-0.1, -0.05) is 12.1 Å². The first-order valence-corrected chi connectivity index (χ1v) is 8.07. The Balaban J connectivity index is 2.18. The summed E-state index contributed by atoms with van der Waals surface area (Å²) in [4.78, 5) is 25.7. The molecule has 0 unspecified atom stereocenters. The summed E-state index contributed by atoms with van der Waals surface area (Å²) in [5, 5.41) is 9.78. The Morgan fingerprint density at radius 1 is 1.29 bits per heavy atom. The molecule has 5 nitrogen and oxygen atoms in total. The summed E-state index contributed by atoms with van der Waals surface area (Å²) in [5.74, 6) is -1.30. The van der Waals surface area contributed by atoms with Gasteiger partial charge >= 0.3 is 12.1 Å². The average Bonchev–Trinajstić information content (AvgIpc) is 2.48. The summed E-state index contributed by atoms with van der Waals surface area (Å²) in [7, 11) is 0. The lowest BCUT2D eigenvalue weighted by Gasteiger charge is -2.40. The molecule has 1 aliphatic heterocycles. The fraction of sp³-hybridized carbons (Fsp3) is 0.556. The minimum Gasteiger partial charge on any atom is -0.481 e. The number of piperidine rings is 1. The summed E-state index contributed by atoms with van der Waals surface area (Å²) in [6.45, 7) is 5.90. The van der Waals surface area contributed by atoms with Gasteiger partial charge in [0.2, 0.25) is 0 Å². The zero-order valence-electron chi connectivity index (χ0n) is 14.3. The summed E-state index contributed by atoms with van der Waals surface area (Å²) < 4.78 is 18.4. The highest BCUT2D eigenvalue weighted by Gasteiger charge is 2.44. The molecule has 1 amide bonds. The van der Waals surface area contributed by atoms with Crippen molar-refractivity contribution in [3.63, 3.8) is 0 Å². The van der Waals surface area contributed by atoms with Crippen LogP contribution in [0.1, 0.15) is 39.2 Å². The van der Waals surface area contributed by atoms with E-state index < -0.39 is 23.1 Å². The fourth-order valence-electron chi connectivity index (χ4n) is 3.00. The molecule has 6 heteroatoms. The van der Waals surface area contributed by atoms with Crippen molar-refractivity contribution < 1.29 is 23.8 Å². The lowest BCUT2D eigenvalue weighted by atomic mass is 9.75. The van der Waals surface area contributed by atoms with E-state index in [4.69, 9.17) is 4.74 Å². The molecule has 2 rings (SSSR count). The molecule has 1 saturated heterocycles. The van der Waals surface area contributed by atoms with E-state index in [1.165, 1.54) is 17.0 Å². The highest BCUT2D eigenvalue weighted by Crippen LogP contribution is 2.35. The quantitative estimate of drug-likeness (QED) is 0.917. The molecule has 0 aliphatic carbocycles. The Hall–Kier alpha value is -2.11. The summed E-state index contributed by atoms with van der Waals surface area (Å²) in [6, 6.07) is 5.82. The van der Waals surface area contributed by atoms with Crippen molar-refractivity contribution >= 4 is 12.1 Å². The van der Waals surface area contributed by atoms with Gasteiger partial charge in [-0.3, -0.25) is 4.79 Å². The molecule has 1 aromatic carbocycles. The van der Waals surface area contributed by atoms with E-state index in [1.54, 1.807) is 32.9 Å². The highest BCUT2D eigenvalue weighted by atomic mass is 19.1. The number of amides is 1. The van der Waals surface area contributed by atoms with Crippen LogP contribution in [0.2, 0.25) is 0 Å². The third-order valence-corrected chi connectivity index (χ3v) is 4.14. The average molecular weight is 337 g/mol. The van der Waals surface area contributed by atoms with Gasteiger partial charge in [-0.05, 0) is 57.7 Å². The van der Waals surface area contributed by atoms with Gasteiger partial charge in [0.15, 0.2) is 0 Å². The van der Waals surface area contributed by atoms with E-state index in [9.17, 15) is 19.1 Å². The molecular formula is C18H24FNO4. The second-order valence-electron chi connectivity index (χ2n) is 7.39. The van der Waals surface area contributed by atoms with E-state index in [0.717, 1.165) is 5.56 Å². The van der Waals surface area contributed by atoms with Crippen LogP contribution in [-0.4, -0.2) is 40.8 Å². The smallest absolute Gasteiger partial charge is 0.410 e. The number of carboxylic acids is 1. The van der Waals surface area contributed by atoms with Crippen LogP contribution < -0.4 is 0 Å². The Morgan fingerprint density at radius 3 is 2.46 bits per heavy atom. The molecule has 0 saturated carbocycles. The second kappa shape index (κ2) is 6.79. The fourth-order valence-corrected chi connectivity index (χ4v) is 3.00. The molecule has 0 radical (unpaired) electrons. The standard InChI is InChI=1S/C18H24FNO4/c1-17(2,3)24-16(23)20-10-4-9-18(12-20,15(21)22)11-13-5-7-14(19)8-6-13/h5-8H,4,9-12H2,1-3H3,(H,21,22)/t18-/m1/s1. The molecule has 132 valence electrons. The summed E-state index contributed by atoms with van der Waals surface area (Å²) in [5.41, 5.74) is -0.963.